The molecule has 1 aromatic rings. The molecule has 152 valence electrons. The summed E-state index contributed by atoms with van der Waals surface area (Å²) in [6, 6.07) is 0.741. The third kappa shape index (κ3) is 6.32. The Balaban J connectivity index is 1.84. The molecular formula is C15H25N4O6PS. The Morgan fingerprint density at radius 1 is 1.56 bits per heavy atom. The molecule has 4 N–H and O–H groups in total. The van der Waals surface area contributed by atoms with Crippen molar-refractivity contribution in [2.45, 2.75) is 56.1 Å². The Labute approximate surface area is 161 Å². The van der Waals surface area contributed by atoms with Crippen LogP contribution in [0, 0.1) is 0 Å². The Morgan fingerprint density at radius 3 is 2.89 bits per heavy atom. The summed E-state index contributed by atoms with van der Waals surface area (Å²) in [6.07, 6.45) is 0.862. The molecule has 0 spiro atoms. The van der Waals surface area contributed by atoms with Gasteiger partial charge in [-0.1, -0.05) is 0 Å². The smallest absolute Gasteiger partial charge is 0.350 e. The number of esters is 1. The zero-order valence-corrected chi connectivity index (χ0v) is 17.1. The average Bonchev–Trinajstić information content (AvgIpc) is 2.92. The fraction of sp³-hybridized carbons (Fsp3) is 0.667. The number of hydrogen-bond acceptors (Lipinski definition) is 9. The van der Waals surface area contributed by atoms with Crippen molar-refractivity contribution in [1.82, 2.24) is 14.6 Å². The lowest BCUT2D eigenvalue weighted by Gasteiger charge is -2.17. The summed E-state index contributed by atoms with van der Waals surface area (Å²) >= 11 is 1.33. The maximum Gasteiger partial charge on any atom is 0.350 e. The SMILES string of the molecule is CC(C)OC(=O)[C@H](C)N[PH](=O)OCC1S[C@@H](n2ccc(N)nc2=O)C[C@H]1O. The monoisotopic (exact) mass is 420 g/mol. The van der Waals surface area contributed by atoms with Crippen molar-refractivity contribution in [3.8, 4) is 0 Å². The van der Waals surface area contributed by atoms with Crippen molar-refractivity contribution >= 4 is 31.7 Å². The van der Waals surface area contributed by atoms with Gasteiger partial charge in [0.25, 0.3) is 8.18 Å². The lowest BCUT2D eigenvalue weighted by Crippen LogP contribution is -2.33. The van der Waals surface area contributed by atoms with E-state index in [1.807, 2.05) is 0 Å². The first-order valence-corrected chi connectivity index (χ1v) is 10.7. The zero-order valence-electron chi connectivity index (χ0n) is 15.3. The van der Waals surface area contributed by atoms with E-state index < -0.39 is 32.0 Å². The van der Waals surface area contributed by atoms with Crippen LogP contribution in [0.3, 0.4) is 0 Å². The van der Waals surface area contributed by atoms with Crippen LogP contribution in [0.5, 0.6) is 0 Å². The van der Waals surface area contributed by atoms with Gasteiger partial charge in [0.2, 0.25) is 0 Å². The molecule has 0 saturated carbocycles. The topological polar surface area (TPSA) is 146 Å². The van der Waals surface area contributed by atoms with Gasteiger partial charge in [-0.25, -0.2) is 9.88 Å². The van der Waals surface area contributed by atoms with Gasteiger partial charge < -0.3 is 20.1 Å². The maximum atomic E-state index is 12.0. The van der Waals surface area contributed by atoms with Crippen molar-refractivity contribution in [1.29, 1.82) is 0 Å². The van der Waals surface area contributed by atoms with Crippen LogP contribution in [0.1, 0.15) is 32.6 Å². The summed E-state index contributed by atoms with van der Waals surface area (Å²) in [6.45, 7) is 4.99. The number of nitrogen functional groups attached to an aromatic ring is 1. The van der Waals surface area contributed by atoms with Crippen molar-refractivity contribution in [2.24, 2.45) is 0 Å². The molecule has 12 heteroatoms. The van der Waals surface area contributed by atoms with Gasteiger partial charge in [0.15, 0.2) is 0 Å². The number of hydrogen-bond donors (Lipinski definition) is 3. The van der Waals surface area contributed by atoms with Gasteiger partial charge >= 0.3 is 11.7 Å². The molecule has 27 heavy (non-hydrogen) atoms. The van der Waals surface area contributed by atoms with E-state index in [4.69, 9.17) is 15.0 Å². The molecule has 1 aromatic heterocycles. The Bertz CT molecular complexity index is 745. The summed E-state index contributed by atoms with van der Waals surface area (Å²) < 4.78 is 23.7. The molecule has 0 radical (unpaired) electrons. The number of carbonyl (C=O) groups is 1. The van der Waals surface area contributed by atoms with Crippen LogP contribution in [0.4, 0.5) is 5.82 Å². The lowest BCUT2D eigenvalue weighted by atomic mass is 10.2. The number of carbonyl (C=O) groups excluding carboxylic acids is 1. The molecule has 2 heterocycles. The Hall–Kier alpha value is -1.39. The number of rotatable bonds is 8. The largest absolute Gasteiger partial charge is 0.462 e. The van der Waals surface area contributed by atoms with Crippen molar-refractivity contribution in [2.75, 3.05) is 12.3 Å². The number of nitrogens with two attached hydrogens (primary N) is 1. The first-order valence-electron chi connectivity index (χ1n) is 8.49. The molecule has 0 aliphatic carbocycles. The highest BCUT2D eigenvalue weighted by Gasteiger charge is 2.35. The molecule has 2 rings (SSSR count). The first kappa shape index (κ1) is 21.9. The molecule has 5 atom stereocenters. The van der Waals surface area contributed by atoms with Crippen LogP contribution in [-0.2, 0) is 18.6 Å². The number of aliphatic hydroxyl groups is 1. The maximum absolute atomic E-state index is 12.0. The summed E-state index contributed by atoms with van der Waals surface area (Å²) in [5, 5.41) is 12.1. The van der Waals surface area contributed by atoms with E-state index in [2.05, 4.69) is 10.1 Å². The van der Waals surface area contributed by atoms with E-state index in [9.17, 15) is 19.3 Å². The molecule has 10 nitrogen and oxygen atoms in total. The van der Waals surface area contributed by atoms with Crippen LogP contribution in [0.15, 0.2) is 17.1 Å². The predicted octanol–water partition coefficient (Wildman–Crippen LogP) is 0.526. The van der Waals surface area contributed by atoms with E-state index in [0.717, 1.165) is 0 Å². The summed E-state index contributed by atoms with van der Waals surface area (Å²) in [7, 11) is -2.70. The summed E-state index contributed by atoms with van der Waals surface area (Å²) in [5.41, 5.74) is 4.99. The van der Waals surface area contributed by atoms with Crippen LogP contribution in [0.2, 0.25) is 0 Å². The van der Waals surface area contributed by atoms with Gasteiger partial charge in [0, 0.05) is 12.6 Å². The molecule has 1 saturated heterocycles. The number of anilines is 1. The molecule has 0 amide bonds. The van der Waals surface area contributed by atoms with Gasteiger partial charge in [0.1, 0.15) is 11.9 Å². The Morgan fingerprint density at radius 2 is 2.26 bits per heavy atom. The lowest BCUT2D eigenvalue weighted by molar-refractivity contribution is -0.149. The number of nitrogens with one attached hydrogen (secondary N) is 1. The molecule has 1 aliphatic rings. The summed E-state index contributed by atoms with van der Waals surface area (Å²) in [4.78, 5) is 27.3. The van der Waals surface area contributed by atoms with Crippen molar-refractivity contribution in [3.63, 3.8) is 0 Å². The van der Waals surface area contributed by atoms with E-state index in [1.54, 1.807) is 13.8 Å². The van der Waals surface area contributed by atoms with E-state index in [1.165, 1.54) is 35.5 Å². The molecule has 1 aliphatic heterocycles. The highest BCUT2D eigenvalue weighted by molar-refractivity contribution is 8.00. The molecule has 0 aromatic carbocycles. The van der Waals surface area contributed by atoms with Gasteiger partial charge in [-0.3, -0.25) is 13.9 Å². The second-order valence-electron chi connectivity index (χ2n) is 6.42. The normalized spacial score (nSPS) is 24.7. The highest BCUT2D eigenvalue weighted by Crippen LogP contribution is 2.41. The third-order valence-electron chi connectivity index (χ3n) is 3.78. The fourth-order valence-corrected chi connectivity index (χ4v) is 4.90. The highest BCUT2D eigenvalue weighted by atomic mass is 32.2. The number of aliphatic hydroxyl groups excluding tert-OH is 1. The standard InChI is InChI=1S/C15H25N4O6PS/c1-8(2)25-14(21)9(3)18-26(23)24-7-11-10(20)6-13(27-11)19-5-4-12(16)17-15(19)22/h4-5,8-11,13,20,26H,6-7H2,1-3H3,(H,18,23)(H2,16,17,22)/t9-,10+,11?,13+/m0/s1. The van der Waals surface area contributed by atoms with E-state index >= 15 is 0 Å². The average molecular weight is 420 g/mol. The molecule has 1 fully saturated rings. The predicted molar refractivity (Wildman–Crippen MR) is 103 cm³/mol. The van der Waals surface area contributed by atoms with Crippen LogP contribution < -0.4 is 16.5 Å². The Kier molecular flexibility index (Phi) is 7.87. The third-order valence-corrected chi connectivity index (χ3v) is 6.42. The van der Waals surface area contributed by atoms with Crippen LogP contribution in [-0.4, -0.2) is 50.7 Å². The van der Waals surface area contributed by atoms with Crippen LogP contribution in [0.25, 0.3) is 0 Å². The van der Waals surface area contributed by atoms with Gasteiger partial charge in [-0.2, -0.15) is 4.98 Å². The van der Waals surface area contributed by atoms with Gasteiger partial charge in [0.05, 0.1) is 29.4 Å². The molecular weight excluding hydrogens is 395 g/mol. The second-order valence-corrected chi connectivity index (χ2v) is 9.00. The van der Waals surface area contributed by atoms with Crippen molar-refractivity contribution < 1.29 is 23.7 Å². The number of nitrogens with zero attached hydrogens (tertiary/aromatic N) is 2. The van der Waals surface area contributed by atoms with Gasteiger partial charge in [-0.15, -0.1) is 11.8 Å². The number of aromatic nitrogens is 2. The fourth-order valence-electron chi connectivity index (χ4n) is 2.45. The first-order chi connectivity index (χ1) is 12.7. The molecule has 2 unspecified atom stereocenters. The van der Waals surface area contributed by atoms with Gasteiger partial charge in [-0.05, 0) is 26.8 Å². The van der Waals surface area contributed by atoms with Crippen LogP contribution >= 0.6 is 19.9 Å². The van der Waals surface area contributed by atoms with E-state index in [0.29, 0.717) is 6.42 Å². The number of thioether (sulfide) groups is 1. The minimum absolute atomic E-state index is 0.0101. The number of ether oxygens (including phenoxy) is 1. The zero-order chi connectivity index (χ0) is 20.1. The minimum atomic E-state index is -2.70. The minimum Gasteiger partial charge on any atom is -0.462 e. The molecule has 0 bridgehead atoms. The van der Waals surface area contributed by atoms with E-state index in [-0.39, 0.29) is 29.2 Å². The second kappa shape index (κ2) is 9.70. The summed E-state index contributed by atoms with van der Waals surface area (Å²) in [5.74, 6) is -0.382. The quantitative estimate of drug-likeness (QED) is 0.402. The van der Waals surface area contributed by atoms with Crippen molar-refractivity contribution in [3.05, 3.63) is 22.7 Å².